The van der Waals surface area contributed by atoms with Crippen LogP contribution in [0.5, 0.6) is 0 Å². The maximum absolute atomic E-state index is 14.3. The summed E-state index contributed by atoms with van der Waals surface area (Å²) in [6, 6.07) is -1.14. The predicted molar refractivity (Wildman–Crippen MR) is 152 cm³/mol. The molecule has 6 N–H and O–H groups in total. The van der Waals surface area contributed by atoms with Gasteiger partial charge >= 0.3 is 11.9 Å². The number of hydrogen-bond acceptors (Lipinski definition) is 12. The number of esters is 2. The molecule has 1 aliphatic heterocycles. The Hall–Kier alpha value is -1.24. The molecular weight excluding hydrogens is 805 g/mol. The van der Waals surface area contributed by atoms with Gasteiger partial charge in [-0.2, -0.15) is 0 Å². The quantitative estimate of drug-likeness (QED) is 0.149. The van der Waals surface area contributed by atoms with Crippen molar-refractivity contribution in [2.24, 2.45) is 16.7 Å². The van der Waals surface area contributed by atoms with Crippen molar-refractivity contribution in [3.05, 3.63) is 22.8 Å². The standard InChI is InChI=1S/C31H45NO12.Ac/c1-13(2)9-17(32-15(4)33)22(36)27(39)44-18-11-31(41)26(43-16(5)34)24-29(8,19(35)10-20-30(24,40)12-42-20)25(38)23(37)21(14(18)3)28(31,6)7;/h9,17-20,22-24,26,35-37,40-41H,10-12H2,1-8H3,(H,32,33);/t17-,18?,19-,20+,22+,23+,24-,26-,29+,30-,31+;/m0./s1. The molecule has 2 saturated carbocycles. The summed E-state index contributed by atoms with van der Waals surface area (Å²) >= 11 is 0. The van der Waals surface area contributed by atoms with E-state index in [4.69, 9.17) is 14.2 Å². The summed E-state index contributed by atoms with van der Waals surface area (Å²) in [6.45, 7) is 11.5. The van der Waals surface area contributed by atoms with Gasteiger partial charge in [0.15, 0.2) is 11.9 Å². The van der Waals surface area contributed by atoms with Gasteiger partial charge in [-0.1, -0.05) is 25.5 Å². The Balaban J connectivity index is 0.00000552. The summed E-state index contributed by atoms with van der Waals surface area (Å²) in [7, 11) is 0. The van der Waals surface area contributed by atoms with Crippen molar-refractivity contribution in [3.8, 4) is 0 Å². The first-order valence-electron chi connectivity index (χ1n) is 14.8. The molecule has 3 aliphatic carbocycles. The molecule has 13 nitrogen and oxygen atoms in total. The number of carbonyl (C=O) groups is 4. The first-order chi connectivity index (χ1) is 20.1. The molecular formula is C31H45AcNO12. The number of ketones is 1. The Bertz CT molecular complexity index is 1310. The summed E-state index contributed by atoms with van der Waals surface area (Å²) in [5.41, 5.74) is -6.49. The second-order valence-electron chi connectivity index (χ2n) is 13.8. The van der Waals surface area contributed by atoms with E-state index in [1.165, 1.54) is 26.8 Å². The maximum Gasteiger partial charge on any atom is 0.338 e. The Labute approximate surface area is 298 Å². The van der Waals surface area contributed by atoms with Crippen molar-refractivity contribution in [2.75, 3.05) is 6.61 Å². The zero-order chi connectivity index (χ0) is 33.3. The number of aliphatic hydroxyl groups is 5. The number of fused-ring (bicyclic) bond motifs is 5. The first-order valence-corrected chi connectivity index (χ1v) is 14.8. The molecule has 1 amide bonds. The molecule has 1 saturated heterocycles. The average Bonchev–Trinajstić information content (AvgIpc) is 2.89. The molecule has 4 rings (SSSR count). The summed E-state index contributed by atoms with van der Waals surface area (Å²) in [6.07, 6.45) is -8.20. The molecule has 2 bridgehead atoms. The summed E-state index contributed by atoms with van der Waals surface area (Å²) in [5.74, 6) is -4.80. The van der Waals surface area contributed by atoms with Crippen molar-refractivity contribution >= 4 is 23.6 Å². The van der Waals surface area contributed by atoms with Crippen LogP contribution in [0.2, 0.25) is 0 Å². The van der Waals surface area contributed by atoms with Crippen molar-refractivity contribution in [3.63, 3.8) is 0 Å². The fraction of sp³-hybridized carbons (Fsp3) is 0.742. The van der Waals surface area contributed by atoms with Crippen LogP contribution in [0.15, 0.2) is 22.8 Å². The number of rotatable bonds is 6. The van der Waals surface area contributed by atoms with Gasteiger partial charge in [0.25, 0.3) is 0 Å². The summed E-state index contributed by atoms with van der Waals surface area (Å²) in [5, 5.41) is 61.0. The molecule has 0 aromatic rings. The first kappa shape index (κ1) is 38.2. The third-order valence-electron chi connectivity index (χ3n) is 10.4. The van der Waals surface area contributed by atoms with Gasteiger partial charge in [-0.3, -0.25) is 14.4 Å². The number of ether oxygens (including phenoxy) is 3. The van der Waals surface area contributed by atoms with E-state index in [-0.39, 0.29) is 68.2 Å². The number of aliphatic hydroxyl groups excluding tert-OH is 3. The van der Waals surface area contributed by atoms with E-state index < -0.39 is 101 Å². The second-order valence-corrected chi connectivity index (χ2v) is 13.8. The number of hydrogen-bond donors (Lipinski definition) is 6. The molecule has 4 aliphatic rings. The topological polar surface area (TPSA) is 209 Å². The van der Waals surface area contributed by atoms with Gasteiger partial charge < -0.3 is 45.1 Å². The van der Waals surface area contributed by atoms with Crippen molar-refractivity contribution in [1.29, 1.82) is 0 Å². The molecule has 0 aromatic carbocycles. The molecule has 0 spiro atoms. The molecule has 0 aromatic heterocycles. The minimum absolute atomic E-state index is 0. The zero-order valence-corrected chi connectivity index (χ0v) is 31.7. The van der Waals surface area contributed by atoms with Crippen LogP contribution in [0.25, 0.3) is 0 Å². The summed E-state index contributed by atoms with van der Waals surface area (Å²) < 4.78 is 17.0. The fourth-order valence-electron chi connectivity index (χ4n) is 7.96. The maximum atomic E-state index is 14.3. The third kappa shape index (κ3) is 6.01. The number of amides is 1. The van der Waals surface area contributed by atoms with Gasteiger partial charge in [0.1, 0.15) is 29.5 Å². The molecule has 1 heterocycles. The second kappa shape index (κ2) is 13.0. The van der Waals surface area contributed by atoms with E-state index in [0.717, 1.165) is 6.92 Å². The van der Waals surface area contributed by atoms with E-state index in [1.807, 2.05) is 0 Å². The SMILES string of the molecule is CC(=O)N[C@@H](C=C(C)C)[C@@H](O)C(=O)OC1C[C@@]2(O)[C@@H](OC(C)=O)[C@@H]3[C@]4(O)CO[C@@H]4C[C@H](O)[C@@]3(C)C(=O)[C@H](O)C(=C1C)C2(C)C.[Ac]. The monoisotopic (exact) mass is 850 g/mol. The average molecular weight is 851 g/mol. The number of carbonyl (C=O) groups excluding carboxylic acids is 4. The largest absolute Gasteiger partial charge is 0.459 e. The minimum atomic E-state index is -2.19. The Morgan fingerprint density at radius 3 is 2.16 bits per heavy atom. The van der Waals surface area contributed by atoms with Crippen LogP contribution in [0.1, 0.15) is 68.2 Å². The number of allylic oxidation sites excluding steroid dienone is 1. The van der Waals surface area contributed by atoms with Crippen LogP contribution in [0.4, 0.5) is 0 Å². The van der Waals surface area contributed by atoms with Crippen LogP contribution in [-0.4, -0.2) is 110 Å². The van der Waals surface area contributed by atoms with E-state index in [9.17, 15) is 44.7 Å². The minimum Gasteiger partial charge on any atom is -0.459 e. The Kier molecular flexibility index (Phi) is 11.0. The Morgan fingerprint density at radius 2 is 1.67 bits per heavy atom. The third-order valence-corrected chi connectivity index (χ3v) is 10.4. The number of Topliss-reactive ketones (excluding diaryl/α,β-unsaturated/α-hetero) is 1. The van der Waals surface area contributed by atoms with E-state index in [0.29, 0.717) is 5.57 Å². The molecule has 249 valence electrons. The molecule has 11 atom stereocenters. The molecule has 45 heavy (non-hydrogen) atoms. The van der Waals surface area contributed by atoms with Gasteiger partial charge in [0, 0.05) is 82.1 Å². The summed E-state index contributed by atoms with van der Waals surface area (Å²) in [4.78, 5) is 51.9. The zero-order valence-electron chi connectivity index (χ0n) is 27.0. The molecule has 1 radical (unpaired) electrons. The fourth-order valence-corrected chi connectivity index (χ4v) is 7.96. The van der Waals surface area contributed by atoms with Crippen LogP contribution in [0.3, 0.4) is 0 Å². The van der Waals surface area contributed by atoms with Gasteiger partial charge in [0.05, 0.1) is 30.3 Å². The van der Waals surface area contributed by atoms with Crippen molar-refractivity contribution < 1.29 is 103 Å². The molecule has 1 unspecified atom stereocenters. The normalized spacial score (nSPS) is 39.6. The Morgan fingerprint density at radius 1 is 1.07 bits per heavy atom. The van der Waals surface area contributed by atoms with Gasteiger partial charge in [-0.05, 0) is 38.8 Å². The smallest absolute Gasteiger partial charge is 0.338 e. The van der Waals surface area contributed by atoms with Crippen LogP contribution >= 0.6 is 0 Å². The van der Waals surface area contributed by atoms with Crippen molar-refractivity contribution in [1.82, 2.24) is 5.32 Å². The van der Waals surface area contributed by atoms with E-state index in [1.54, 1.807) is 27.7 Å². The predicted octanol–water partition coefficient (Wildman–Crippen LogP) is -0.400. The van der Waals surface area contributed by atoms with E-state index >= 15 is 0 Å². The van der Waals surface area contributed by atoms with Crippen LogP contribution in [-0.2, 0) is 33.4 Å². The van der Waals surface area contributed by atoms with Gasteiger partial charge in [-0.15, -0.1) is 0 Å². The molecule has 14 heteroatoms. The van der Waals surface area contributed by atoms with E-state index in [2.05, 4.69) is 5.32 Å². The van der Waals surface area contributed by atoms with Gasteiger partial charge in [0.2, 0.25) is 5.91 Å². The van der Waals surface area contributed by atoms with Crippen molar-refractivity contribution in [2.45, 2.75) is 122 Å². The van der Waals surface area contributed by atoms with Crippen LogP contribution < -0.4 is 5.32 Å². The van der Waals surface area contributed by atoms with Crippen LogP contribution in [0, 0.1) is 60.8 Å². The number of nitrogens with one attached hydrogen (secondary N) is 1. The molecule has 3 fully saturated rings. The van der Waals surface area contributed by atoms with Gasteiger partial charge in [-0.25, -0.2) is 4.79 Å².